The molecule has 1 aliphatic rings. The summed E-state index contributed by atoms with van der Waals surface area (Å²) >= 11 is 0. The van der Waals surface area contributed by atoms with Crippen molar-refractivity contribution in [1.29, 1.82) is 0 Å². The van der Waals surface area contributed by atoms with Crippen molar-refractivity contribution in [3.63, 3.8) is 0 Å². The fraction of sp³-hybridized carbons (Fsp3) is 0.650. The summed E-state index contributed by atoms with van der Waals surface area (Å²) in [6, 6.07) is 8.36. The van der Waals surface area contributed by atoms with Crippen molar-refractivity contribution in [2.24, 2.45) is 0 Å². The van der Waals surface area contributed by atoms with E-state index in [1.807, 2.05) is 45.2 Å². The largest absolute Gasteiger partial charge is 0.492 e. The first-order valence-corrected chi connectivity index (χ1v) is 9.23. The molecule has 24 heavy (non-hydrogen) atoms. The summed E-state index contributed by atoms with van der Waals surface area (Å²) in [6.45, 7) is 8.49. The zero-order valence-corrected chi connectivity index (χ0v) is 15.6. The van der Waals surface area contributed by atoms with Crippen LogP contribution in [0.3, 0.4) is 0 Å². The number of nitrogens with zero attached hydrogens (tertiary/aromatic N) is 2. The Hall–Kier alpha value is -1.55. The van der Waals surface area contributed by atoms with Crippen molar-refractivity contribution < 1.29 is 9.53 Å². The van der Waals surface area contributed by atoms with E-state index in [-0.39, 0.29) is 11.9 Å². The first-order valence-electron chi connectivity index (χ1n) is 9.23. The SMILES string of the molecule is CCC1CCCCN1C(=O)C(C)N(C)CCOc1ccccc1C. The van der Waals surface area contributed by atoms with Gasteiger partial charge in [0.05, 0.1) is 6.04 Å². The van der Waals surface area contributed by atoms with Gasteiger partial charge in [0.1, 0.15) is 12.4 Å². The third-order valence-corrected chi connectivity index (χ3v) is 5.20. The quantitative estimate of drug-likeness (QED) is 0.766. The first-order chi connectivity index (χ1) is 11.5. The Kier molecular flexibility index (Phi) is 7.10. The lowest BCUT2D eigenvalue weighted by atomic mass is 9.99. The van der Waals surface area contributed by atoms with Gasteiger partial charge in [-0.05, 0) is 58.2 Å². The highest BCUT2D eigenvalue weighted by atomic mass is 16.5. The Bertz CT molecular complexity index is 532. The molecule has 2 atom stereocenters. The van der Waals surface area contributed by atoms with Crippen LogP contribution in [0.5, 0.6) is 5.75 Å². The average Bonchev–Trinajstić information content (AvgIpc) is 2.61. The maximum atomic E-state index is 12.8. The first kappa shape index (κ1) is 18.8. The third kappa shape index (κ3) is 4.73. The molecule has 0 radical (unpaired) electrons. The number of aryl methyl sites for hydroxylation is 1. The second kappa shape index (κ2) is 9.07. The van der Waals surface area contributed by atoms with Gasteiger partial charge in [-0.15, -0.1) is 0 Å². The van der Waals surface area contributed by atoms with Gasteiger partial charge in [-0.1, -0.05) is 25.1 Å². The molecule has 1 heterocycles. The number of rotatable bonds is 7. The number of hydrogen-bond acceptors (Lipinski definition) is 3. The Morgan fingerprint density at radius 2 is 2.12 bits per heavy atom. The molecule has 0 N–H and O–H groups in total. The standard InChI is InChI=1S/C20H32N2O2/c1-5-18-11-8-9-13-22(18)20(23)17(3)21(4)14-15-24-19-12-7-6-10-16(19)2/h6-7,10,12,17-18H,5,8-9,11,13-15H2,1-4H3. The number of likely N-dealkylation sites (N-methyl/N-ethyl adjacent to an activating group) is 1. The molecule has 0 saturated carbocycles. The molecule has 0 spiro atoms. The number of amides is 1. The molecule has 1 fully saturated rings. The highest BCUT2D eigenvalue weighted by Crippen LogP contribution is 2.21. The minimum absolute atomic E-state index is 0.0994. The van der Waals surface area contributed by atoms with E-state index >= 15 is 0 Å². The Balaban J connectivity index is 1.83. The van der Waals surface area contributed by atoms with Gasteiger partial charge < -0.3 is 9.64 Å². The minimum Gasteiger partial charge on any atom is -0.492 e. The van der Waals surface area contributed by atoms with Crippen LogP contribution in [0.15, 0.2) is 24.3 Å². The van der Waals surface area contributed by atoms with Crippen LogP contribution in [0.2, 0.25) is 0 Å². The van der Waals surface area contributed by atoms with E-state index in [4.69, 9.17) is 4.74 Å². The number of ether oxygens (including phenoxy) is 1. The van der Waals surface area contributed by atoms with E-state index in [2.05, 4.69) is 16.7 Å². The van der Waals surface area contributed by atoms with Crippen LogP contribution in [0.4, 0.5) is 0 Å². The van der Waals surface area contributed by atoms with E-state index in [1.54, 1.807) is 0 Å². The van der Waals surface area contributed by atoms with E-state index < -0.39 is 0 Å². The van der Waals surface area contributed by atoms with E-state index in [0.29, 0.717) is 12.6 Å². The molecule has 2 unspecified atom stereocenters. The van der Waals surface area contributed by atoms with Gasteiger partial charge in [-0.25, -0.2) is 0 Å². The second-order valence-electron chi connectivity index (χ2n) is 6.86. The average molecular weight is 332 g/mol. The molecule has 1 saturated heterocycles. The lowest BCUT2D eigenvalue weighted by Crippen LogP contribution is -2.51. The Morgan fingerprint density at radius 3 is 2.83 bits per heavy atom. The van der Waals surface area contributed by atoms with Crippen LogP contribution in [-0.4, -0.2) is 54.5 Å². The molecule has 1 aromatic rings. The van der Waals surface area contributed by atoms with Gasteiger partial charge in [0.2, 0.25) is 5.91 Å². The molecule has 1 aliphatic heterocycles. The van der Waals surface area contributed by atoms with Crippen LogP contribution >= 0.6 is 0 Å². The molecule has 1 amide bonds. The summed E-state index contributed by atoms with van der Waals surface area (Å²) in [6.07, 6.45) is 4.58. The summed E-state index contributed by atoms with van der Waals surface area (Å²) in [5.74, 6) is 1.19. The predicted molar refractivity (Wildman–Crippen MR) is 98.4 cm³/mol. The lowest BCUT2D eigenvalue weighted by Gasteiger charge is -2.38. The molecule has 0 aliphatic carbocycles. The molecule has 4 nitrogen and oxygen atoms in total. The zero-order valence-electron chi connectivity index (χ0n) is 15.6. The van der Waals surface area contributed by atoms with Gasteiger partial charge in [-0.2, -0.15) is 0 Å². The van der Waals surface area contributed by atoms with Crippen molar-refractivity contribution in [3.8, 4) is 5.75 Å². The fourth-order valence-corrected chi connectivity index (χ4v) is 3.36. The summed E-state index contributed by atoms with van der Waals surface area (Å²) in [7, 11) is 2.01. The topological polar surface area (TPSA) is 32.8 Å². The molecule has 0 bridgehead atoms. The number of para-hydroxylation sites is 1. The van der Waals surface area contributed by atoms with Crippen molar-refractivity contribution in [1.82, 2.24) is 9.80 Å². The highest BCUT2D eigenvalue weighted by molar-refractivity contribution is 5.81. The number of carbonyl (C=O) groups is 1. The maximum Gasteiger partial charge on any atom is 0.239 e. The number of piperidine rings is 1. The van der Waals surface area contributed by atoms with Crippen molar-refractivity contribution >= 4 is 5.91 Å². The number of benzene rings is 1. The smallest absolute Gasteiger partial charge is 0.239 e. The number of carbonyl (C=O) groups excluding carboxylic acids is 1. The molecule has 2 rings (SSSR count). The van der Waals surface area contributed by atoms with Crippen molar-refractivity contribution in [3.05, 3.63) is 29.8 Å². The molecule has 1 aromatic carbocycles. The van der Waals surface area contributed by atoms with E-state index in [0.717, 1.165) is 43.7 Å². The predicted octanol–water partition coefficient (Wildman–Crippen LogP) is 3.49. The van der Waals surface area contributed by atoms with Crippen LogP contribution < -0.4 is 4.74 Å². The Morgan fingerprint density at radius 1 is 1.38 bits per heavy atom. The van der Waals surface area contributed by atoms with Gasteiger partial charge in [-0.3, -0.25) is 9.69 Å². The van der Waals surface area contributed by atoms with E-state index in [9.17, 15) is 4.79 Å². The zero-order chi connectivity index (χ0) is 17.5. The van der Waals surface area contributed by atoms with Crippen LogP contribution in [0.25, 0.3) is 0 Å². The second-order valence-corrected chi connectivity index (χ2v) is 6.86. The summed E-state index contributed by atoms with van der Waals surface area (Å²) in [4.78, 5) is 17.0. The van der Waals surface area contributed by atoms with Crippen molar-refractivity contribution in [2.45, 2.75) is 58.5 Å². The number of likely N-dealkylation sites (tertiary alicyclic amines) is 1. The third-order valence-electron chi connectivity index (χ3n) is 5.20. The van der Waals surface area contributed by atoms with Gasteiger partial charge in [0, 0.05) is 19.1 Å². The molecule has 0 aromatic heterocycles. The highest BCUT2D eigenvalue weighted by Gasteiger charge is 2.30. The van der Waals surface area contributed by atoms with E-state index in [1.165, 1.54) is 6.42 Å². The van der Waals surface area contributed by atoms with Crippen LogP contribution in [-0.2, 0) is 4.79 Å². The van der Waals surface area contributed by atoms with Crippen molar-refractivity contribution in [2.75, 3.05) is 26.7 Å². The Labute approximate surface area is 146 Å². The molecule has 4 heteroatoms. The molecule has 134 valence electrons. The number of hydrogen-bond donors (Lipinski definition) is 0. The maximum absolute atomic E-state index is 12.8. The summed E-state index contributed by atoms with van der Waals surface area (Å²) in [5.41, 5.74) is 1.14. The minimum atomic E-state index is -0.0994. The monoisotopic (exact) mass is 332 g/mol. The normalized spacial score (nSPS) is 19.4. The molecular formula is C20H32N2O2. The summed E-state index contributed by atoms with van der Waals surface area (Å²) < 4.78 is 5.86. The summed E-state index contributed by atoms with van der Waals surface area (Å²) in [5, 5.41) is 0. The van der Waals surface area contributed by atoms with Crippen LogP contribution in [0, 0.1) is 6.92 Å². The lowest BCUT2D eigenvalue weighted by molar-refractivity contribution is -0.139. The van der Waals surface area contributed by atoms with Crippen LogP contribution in [0.1, 0.15) is 45.1 Å². The van der Waals surface area contributed by atoms with Gasteiger partial charge in [0.15, 0.2) is 0 Å². The fourth-order valence-electron chi connectivity index (χ4n) is 3.36. The molecular weight excluding hydrogens is 300 g/mol. The van der Waals surface area contributed by atoms with Gasteiger partial charge in [0.25, 0.3) is 0 Å². The van der Waals surface area contributed by atoms with Gasteiger partial charge >= 0.3 is 0 Å².